The number of carbonyl (C=O) groups excluding carboxylic acids is 1. The smallest absolute Gasteiger partial charge is 0.228 e. The molecule has 4 heteroatoms. The molecule has 0 aromatic heterocycles. The van der Waals surface area contributed by atoms with Gasteiger partial charge in [0.25, 0.3) is 0 Å². The molecule has 0 aromatic carbocycles. The van der Waals surface area contributed by atoms with Crippen LogP contribution in [0.25, 0.3) is 0 Å². The molecule has 2 rings (SSSR count). The number of halogens is 1. The molecule has 0 saturated carbocycles. The van der Waals surface area contributed by atoms with Crippen molar-refractivity contribution in [1.29, 1.82) is 0 Å². The number of hydrogen-bond acceptors (Lipinski definition) is 2. The maximum Gasteiger partial charge on any atom is 0.228 e. The van der Waals surface area contributed by atoms with Gasteiger partial charge in [0.2, 0.25) is 5.91 Å². The van der Waals surface area contributed by atoms with Gasteiger partial charge in [0, 0.05) is 18.5 Å². The molecule has 2 fully saturated rings. The summed E-state index contributed by atoms with van der Waals surface area (Å²) in [6, 6.07) is 0.365. The van der Waals surface area contributed by atoms with E-state index in [2.05, 4.69) is 4.90 Å². The van der Waals surface area contributed by atoms with Crippen LogP contribution in [0.4, 0.5) is 0 Å². The maximum absolute atomic E-state index is 12.4. The second-order valence-electron chi connectivity index (χ2n) is 5.24. The van der Waals surface area contributed by atoms with Crippen LogP contribution in [0.1, 0.15) is 39.0 Å². The summed E-state index contributed by atoms with van der Waals surface area (Å²) >= 11 is 5.83. The molecule has 0 aliphatic carbocycles. The monoisotopic (exact) mass is 259 g/mol. The van der Waals surface area contributed by atoms with E-state index in [9.17, 15) is 4.79 Å². The SMILES string of the molecule is CC1CC(C(=O)N2CCCCC2CCCl)CO1. The van der Waals surface area contributed by atoms with Gasteiger partial charge in [-0.25, -0.2) is 0 Å². The number of alkyl halides is 1. The molecule has 1 amide bonds. The molecule has 3 unspecified atom stereocenters. The number of ether oxygens (including phenoxy) is 1. The van der Waals surface area contributed by atoms with Gasteiger partial charge in [-0.1, -0.05) is 0 Å². The Hall–Kier alpha value is -0.280. The number of nitrogens with zero attached hydrogens (tertiary/aromatic N) is 1. The van der Waals surface area contributed by atoms with Gasteiger partial charge in [-0.15, -0.1) is 11.6 Å². The van der Waals surface area contributed by atoms with Crippen molar-refractivity contribution in [3.8, 4) is 0 Å². The van der Waals surface area contributed by atoms with Crippen molar-refractivity contribution in [2.75, 3.05) is 19.0 Å². The summed E-state index contributed by atoms with van der Waals surface area (Å²) in [6.45, 7) is 3.55. The second kappa shape index (κ2) is 6.05. The van der Waals surface area contributed by atoms with Gasteiger partial charge < -0.3 is 9.64 Å². The van der Waals surface area contributed by atoms with Crippen LogP contribution in [0, 0.1) is 5.92 Å². The maximum atomic E-state index is 12.4. The minimum Gasteiger partial charge on any atom is -0.378 e. The molecule has 17 heavy (non-hydrogen) atoms. The lowest BCUT2D eigenvalue weighted by Crippen LogP contribution is -2.46. The Morgan fingerprint density at radius 3 is 2.94 bits per heavy atom. The van der Waals surface area contributed by atoms with Crippen LogP contribution < -0.4 is 0 Å². The predicted octanol–water partition coefficient (Wildman–Crippen LogP) is 2.42. The third-order valence-corrected chi connectivity index (χ3v) is 4.12. The fraction of sp³-hybridized carbons (Fsp3) is 0.923. The van der Waals surface area contributed by atoms with Crippen LogP contribution in [-0.4, -0.2) is 42.0 Å². The van der Waals surface area contributed by atoms with Crippen LogP contribution in [0.2, 0.25) is 0 Å². The average Bonchev–Trinajstić information content (AvgIpc) is 2.76. The molecule has 3 nitrogen and oxygen atoms in total. The summed E-state index contributed by atoms with van der Waals surface area (Å²) in [5, 5.41) is 0. The molecule has 98 valence electrons. The van der Waals surface area contributed by atoms with E-state index < -0.39 is 0 Å². The van der Waals surface area contributed by atoms with Crippen molar-refractivity contribution in [2.24, 2.45) is 5.92 Å². The molecule has 3 atom stereocenters. The third-order valence-electron chi connectivity index (χ3n) is 3.90. The van der Waals surface area contributed by atoms with Crippen molar-refractivity contribution >= 4 is 17.5 Å². The van der Waals surface area contributed by atoms with E-state index in [0.717, 1.165) is 32.2 Å². The van der Waals surface area contributed by atoms with E-state index in [0.29, 0.717) is 24.4 Å². The van der Waals surface area contributed by atoms with E-state index in [1.165, 1.54) is 6.42 Å². The van der Waals surface area contributed by atoms with E-state index >= 15 is 0 Å². The number of hydrogen-bond donors (Lipinski definition) is 0. The predicted molar refractivity (Wildman–Crippen MR) is 68.2 cm³/mol. The fourth-order valence-corrected chi connectivity index (χ4v) is 3.19. The summed E-state index contributed by atoms with van der Waals surface area (Å²) < 4.78 is 5.50. The summed E-state index contributed by atoms with van der Waals surface area (Å²) in [5.41, 5.74) is 0. The molecular formula is C13H22ClNO2. The van der Waals surface area contributed by atoms with Gasteiger partial charge in [0.05, 0.1) is 18.6 Å². The Morgan fingerprint density at radius 1 is 1.47 bits per heavy atom. The molecule has 0 radical (unpaired) electrons. The van der Waals surface area contributed by atoms with Crippen molar-refractivity contribution in [2.45, 2.75) is 51.2 Å². The molecule has 0 spiro atoms. The highest BCUT2D eigenvalue weighted by molar-refractivity contribution is 6.17. The van der Waals surface area contributed by atoms with Crippen LogP contribution in [0.15, 0.2) is 0 Å². The van der Waals surface area contributed by atoms with Gasteiger partial charge in [-0.05, 0) is 39.0 Å². The first kappa shape index (κ1) is 13.2. The summed E-state index contributed by atoms with van der Waals surface area (Å²) in [5.74, 6) is 1.02. The zero-order chi connectivity index (χ0) is 12.3. The highest BCUT2D eigenvalue weighted by atomic mass is 35.5. The minimum atomic E-state index is 0.0842. The second-order valence-corrected chi connectivity index (χ2v) is 5.61. The lowest BCUT2D eigenvalue weighted by molar-refractivity contribution is -0.139. The Bertz CT molecular complexity index is 270. The molecule has 2 heterocycles. The van der Waals surface area contributed by atoms with Gasteiger partial charge in [0.15, 0.2) is 0 Å². The molecular weight excluding hydrogens is 238 g/mol. The summed E-state index contributed by atoms with van der Waals surface area (Å²) in [4.78, 5) is 14.5. The number of amides is 1. The van der Waals surface area contributed by atoms with Crippen molar-refractivity contribution in [3.63, 3.8) is 0 Å². The first-order chi connectivity index (χ1) is 8.22. The topological polar surface area (TPSA) is 29.5 Å². The van der Waals surface area contributed by atoms with E-state index in [1.807, 2.05) is 6.92 Å². The molecule has 2 saturated heterocycles. The van der Waals surface area contributed by atoms with Gasteiger partial charge in [-0.2, -0.15) is 0 Å². The Morgan fingerprint density at radius 2 is 2.29 bits per heavy atom. The number of likely N-dealkylation sites (tertiary alicyclic amines) is 1. The zero-order valence-corrected chi connectivity index (χ0v) is 11.3. The zero-order valence-electron chi connectivity index (χ0n) is 10.5. The molecule has 0 N–H and O–H groups in total. The summed E-state index contributed by atoms with van der Waals surface area (Å²) in [7, 11) is 0. The Kier molecular flexibility index (Phi) is 4.69. The normalized spacial score (nSPS) is 34.0. The lowest BCUT2D eigenvalue weighted by Gasteiger charge is -2.37. The lowest BCUT2D eigenvalue weighted by atomic mass is 9.96. The van der Waals surface area contributed by atoms with Crippen molar-refractivity contribution in [1.82, 2.24) is 4.90 Å². The van der Waals surface area contributed by atoms with Crippen molar-refractivity contribution < 1.29 is 9.53 Å². The third kappa shape index (κ3) is 3.14. The first-order valence-electron chi connectivity index (χ1n) is 6.70. The molecule has 0 bridgehead atoms. The van der Waals surface area contributed by atoms with E-state index in [4.69, 9.17) is 16.3 Å². The molecule has 2 aliphatic rings. The van der Waals surface area contributed by atoms with Crippen LogP contribution >= 0.6 is 11.6 Å². The quantitative estimate of drug-likeness (QED) is 0.729. The highest BCUT2D eigenvalue weighted by Crippen LogP contribution is 2.26. The fourth-order valence-electron chi connectivity index (χ4n) is 2.94. The van der Waals surface area contributed by atoms with E-state index in [1.54, 1.807) is 0 Å². The van der Waals surface area contributed by atoms with Gasteiger partial charge in [-0.3, -0.25) is 4.79 Å². The Balaban J connectivity index is 1.95. The van der Waals surface area contributed by atoms with Crippen LogP contribution in [0.3, 0.4) is 0 Å². The van der Waals surface area contributed by atoms with Crippen LogP contribution in [0.5, 0.6) is 0 Å². The van der Waals surface area contributed by atoms with Gasteiger partial charge in [0.1, 0.15) is 0 Å². The minimum absolute atomic E-state index is 0.0842. The van der Waals surface area contributed by atoms with Crippen molar-refractivity contribution in [3.05, 3.63) is 0 Å². The summed E-state index contributed by atoms with van der Waals surface area (Å²) in [6.07, 6.45) is 5.51. The number of carbonyl (C=O) groups is 1. The van der Waals surface area contributed by atoms with Gasteiger partial charge >= 0.3 is 0 Å². The molecule has 2 aliphatic heterocycles. The van der Waals surface area contributed by atoms with Crippen LogP contribution in [-0.2, 0) is 9.53 Å². The first-order valence-corrected chi connectivity index (χ1v) is 7.24. The molecule has 0 aromatic rings. The average molecular weight is 260 g/mol. The number of piperidine rings is 1. The van der Waals surface area contributed by atoms with E-state index in [-0.39, 0.29) is 12.0 Å². The largest absolute Gasteiger partial charge is 0.378 e. The standard InChI is InChI=1S/C13H22ClNO2/c1-10-8-11(9-17-10)13(16)15-7-3-2-4-12(15)5-6-14/h10-12H,2-9H2,1H3. The highest BCUT2D eigenvalue weighted by Gasteiger charge is 2.35. The Labute approximate surface area is 108 Å². The number of rotatable bonds is 3.